The molecular weight excluding hydrogens is 314 g/mol. The topological polar surface area (TPSA) is 46.5 Å². The first-order valence-corrected chi connectivity index (χ1v) is 9.04. The van der Waals surface area contributed by atoms with Gasteiger partial charge < -0.3 is 19.5 Å². The van der Waals surface area contributed by atoms with Crippen molar-refractivity contribution in [3.05, 3.63) is 53.9 Å². The summed E-state index contributed by atoms with van der Waals surface area (Å²) in [7, 11) is 1.66. The van der Waals surface area contributed by atoms with Gasteiger partial charge in [-0.2, -0.15) is 0 Å². The predicted molar refractivity (Wildman–Crippen MR) is 98.9 cm³/mol. The van der Waals surface area contributed by atoms with Crippen LogP contribution in [0.5, 0.6) is 5.75 Å². The maximum absolute atomic E-state index is 12.9. The van der Waals surface area contributed by atoms with Crippen LogP contribution in [0, 0.1) is 0 Å². The van der Waals surface area contributed by atoms with E-state index in [1.54, 1.807) is 7.11 Å². The predicted octanol–water partition coefficient (Wildman–Crippen LogP) is 3.80. The van der Waals surface area contributed by atoms with Crippen molar-refractivity contribution in [3.63, 3.8) is 0 Å². The van der Waals surface area contributed by atoms with E-state index in [9.17, 15) is 4.79 Å². The monoisotopic (exact) mass is 341 g/mol. The van der Waals surface area contributed by atoms with Crippen molar-refractivity contribution < 1.29 is 9.53 Å². The third-order valence-electron chi connectivity index (χ3n) is 5.04. The molecule has 1 atom stereocenters. The van der Waals surface area contributed by atoms with Crippen LogP contribution in [0.25, 0.3) is 0 Å². The number of nitrogens with one attached hydrogen (secondary N) is 1. The normalized spacial score (nSPS) is 16.6. The summed E-state index contributed by atoms with van der Waals surface area (Å²) in [6.07, 6.45) is 3.97. The lowest BCUT2D eigenvalue weighted by Gasteiger charge is -2.38. The molecule has 1 unspecified atom stereocenters. The number of carbonyl (C=O) groups is 1. The van der Waals surface area contributed by atoms with Crippen LogP contribution < -0.4 is 10.1 Å². The minimum Gasteiger partial charge on any atom is -0.497 e. The van der Waals surface area contributed by atoms with E-state index in [1.165, 1.54) is 0 Å². The Kier molecular flexibility index (Phi) is 5.31. The summed E-state index contributed by atoms with van der Waals surface area (Å²) in [5.74, 6) is 0.822. The molecule has 0 fully saturated rings. The molecule has 2 aromatic rings. The van der Waals surface area contributed by atoms with Gasteiger partial charge in [0, 0.05) is 31.0 Å². The van der Waals surface area contributed by atoms with E-state index in [1.807, 2.05) is 35.2 Å². The van der Waals surface area contributed by atoms with Gasteiger partial charge in [-0.15, -0.1) is 0 Å². The lowest BCUT2D eigenvalue weighted by atomic mass is 10.00. The van der Waals surface area contributed by atoms with Crippen LogP contribution in [0.15, 0.2) is 42.6 Å². The number of carbonyl (C=O) groups excluding carboxylic acids is 1. The summed E-state index contributed by atoms with van der Waals surface area (Å²) in [5, 5.41) is 3.18. The van der Waals surface area contributed by atoms with Crippen molar-refractivity contribution in [1.29, 1.82) is 0 Å². The molecule has 25 heavy (non-hydrogen) atoms. The summed E-state index contributed by atoms with van der Waals surface area (Å²) in [4.78, 5) is 14.9. The number of benzene rings is 1. The third kappa shape index (κ3) is 3.50. The average Bonchev–Trinajstić information content (AvgIpc) is 3.14. The average molecular weight is 341 g/mol. The van der Waals surface area contributed by atoms with E-state index in [0.717, 1.165) is 36.4 Å². The first kappa shape index (κ1) is 17.4. The van der Waals surface area contributed by atoms with Gasteiger partial charge in [-0.25, -0.2) is 4.79 Å². The van der Waals surface area contributed by atoms with E-state index in [0.29, 0.717) is 6.54 Å². The van der Waals surface area contributed by atoms with Gasteiger partial charge in [0.2, 0.25) is 0 Å². The second kappa shape index (κ2) is 7.64. The number of aromatic nitrogens is 1. The Morgan fingerprint density at radius 2 is 1.92 bits per heavy atom. The number of methoxy groups -OCH3 is 1. The van der Waals surface area contributed by atoms with Crippen molar-refractivity contribution in [2.24, 2.45) is 0 Å². The number of hydrogen-bond acceptors (Lipinski definition) is 2. The Morgan fingerprint density at radius 3 is 2.56 bits per heavy atom. The highest BCUT2D eigenvalue weighted by molar-refractivity contribution is 5.76. The molecule has 5 nitrogen and oxygen atoms in total. The number of urea groups is 1. The summed E-state index contributed by atoms with van der Waals surface area (Å²) in [6.45, 7) is 5.74. The number of ether oxygens (including phenoxy) is 1. The van der Waals surface area contributed by atoms with Crippen molar-refractivity contribution in [1.82, 2.24) is 14.8 Å². The van der Waals surface area contributed by atoms with Crippen LogP contribution in [0.2, 0.25) is 0 Å². The molecule has 3 rings (SSSR count). The smallest absolute Gasteiger partial charge is 0.318 e. The van der Waals surface area contributed by atoms with Gasteiger partial charge in [-0.1, -0.05) is 26.0 Å². The van der Waals surface area contributed by atoms with Crippen molar-refractivity contribution in [2.45, 2.75) is 45.3 Å². The van der Waals surface area contributed by atoms with Crippen LogP contribution >= 0.6 is 0 Å². The number of rotatable bonds is 5. The minimum absolute atomic E-state index is 0.0157. The molecule has 1 aromatic heterocycles. The van der Waals surface area contributed by atoms with Gasteiger partial charge in [0.1, 0.15) is 5.75 Å². The number of nitrogens with zero attached hydrogens (tertiary/aromatic N) is 2. The molecule has 0 aliphatic carbocycles. The fourth-order valence-electron chi connectivity index (χ4n) is 3.49. The lowest BCUT2D eigenvalue weighted by Crippen LogP contribution is -2.49. The molecule has 2 amide bonds. The second-order valence-corrected chi connectivity index (χ2v) is 6.46. The van der Waals surface area contributed by atoms with Crippen LogP contribution in [-0.2, 0) is 6.54 Å². The first-order valence-electron chi connectivity index (χ1n) is 9.04. The summed E-state index contributed by atoms with van der Waals surface area (Å²) < 4.78 is 7.50. The molecule has 0 saturated carbocycles. The van der Waals surface area contributed by atoms with Gasteiger partial charge >= 0.3 is 6.03 Å². The van der Waals surface area contributed by atoms with E-state index in [-0.39, 0.29) is 18.1 Å². The molecule has 0 spiro atoms. The van der Waals surface area contributed by atoms with Gasteiger partial charge in [0.15, 0.2) is 0 Å². The fourth-order valence-corrected chi connectivity index (χ4v) is 3.49. The molecule has 134 valence electrons. The van der Waals surface area contributed by atoms with Gasteiger partial charge in [-0.3, -0.25) is 0 Å². The van der Waals surface area contributed by atoms with Crippen LogP contribution in [0.4, 0.5) is 4.79 Å². The zero-order chi connectivity index (χ0) is 17.8. The molecule has 2 heterocycles. The zero-order valence-electron chi connectivity index (χ0n) is 15.2. The van der Waals surface area contributed by atoms with E-state index in [2.05, 4.69) is 36.0 Å². The molecule has 1 N–H and O–H groups in total. The Labute approximate surface area is 149 Å². The Bertz CT molecular complexity index is 704. The first-order chi connectivity index (χ1) is 12.2. The van der Waals surface area contributed by atoms with E-state index in [4.69, 9.17) is 4.74 Å². The Hall–Kier alpha value is -2.43. The summed E-state index contributed by atoms with van der Waals surface area (Å²) >= 11 is 0. The molecule has 0 radical (unpaired) electrons. The largest absolute Gasteiger partial charge is 0.497 e. The van der Waals surface area contributed by atoms with E-state index >= 15 is 0 Å². The van der Waals surface area contributed by atoms with Crippen molar-refractivity contribution >= 4 is 6.03 Å². The molecule has 0 bridgehead atoms. The maximum Gasteiger partial charge on any atom is 0.318 e. The Balaban J connectivity index is 1.92. The standard InChI is InChI=1S/C20H27N3O2/c1-4-16(5-2)21-20(24)23-14-13-22-12-6-7-18(22)19(23)15-8-10-17(25-3)11-9-15/h6-12,16,19H,4-5,13-14H2,1-3H3,(H,21,24). The lowest BCUT2D eigenvalue weighted by molar-refractivity contribution is 0.164. The highest BCUT2D eigenvalue weighted by atomic mass is 16.5. The van der Waals surface area contributed by atoms with Crippen molar-refractivity contribution in [2.75, 3.05) is 13.7 Å². The van der Waals surface area contributed by atoms with Crippen molar-refractivity contribution in [3.8, 4) is 5.75 Å². The summed E-state index contributed by atoms with van der Waals surface area (Å²) in [5.41, 5.74) is 2.25. The minimum atomic E-state index is -0.0796. The SMILES string of the molecule is CCC(CC)NC(=O)N1CCn2cccc2C1c1ccc(OC)cc1. The molecule has 0 saturated heterocycles. The van der Waals surface area contributed by atoms with Crippen LogP contribution in [-0.4, -0.2) is 35.2 Å². The maximum atomic E-state index is 12.9. The van der Waals surface area contributed by atoms with Gasteiger partial charge in [0.25, 0.3) is 0 Å². The van der Waals surface area contributed by atoms with Crippen LogP contribution in [0.3, 0.4) is 0 Å². The van der Waals surface area contributed by atoms with Gasteiger partial charge in [-0.05, 0) is 42.7 Å². The van der Waals surface area contributed by atoms with Crippen LogP contribution in [0.1, 0.15) is 44.0 Å². The second-order valence-electron chi connectivity index (χ2n) is 6.46. The molecular formula is C20H27N3O2. The molecule has 5 heteroatoms. The Morgan fingerprint density at radius 1 is 1.20 bits per heavy atom. The number of fused-ring (bicyclic) bond motifs is 1. The zero-order valence-corrected chi connectivity index (χ0v) is 15.2. The fraction of sp³-hybridized carbons (Fsp3) is 0.450. The molecule has 1 aromatic carbocycles. The molecule has 1 aliphatic rings. The van der Waals surface area contributed by atoms with E-state index < -0.39 is 0 Å². The highest BCUT2D eigenvalue weighted by Crippen LogP contribution is 2.33. The summed E-state index contributed by atoms with van der Waals surface area (Å²) in [6, 6.07) is 12.3. The number of hydrogen-bond donors (Lipinski definition) is 1. The third-order valence-corrected chi connectivity index (χ3v) is 5.04. The molecule has 1 aliphatic heterocycles. The van der Waals surface area contributed by atoms with Gasteiger partial charge in [0.05, 0.1) is 13.2 Å². The number of amides is 2. The quantitative estimate of drug-likeness (QED) is 0.899. The highest BCUT2D eigenvalue weighted by Gasteiger charge is 2.32.